The summed E-state index contributed by atoms with van der Waals surface area (Å²) in [6.45, 7) is -0.0249. The smallest absolute Gasteiger partial charge is 0.264 e. The molecule has 0 saturated carbocycles. The maximum Gasteiger partial charge on any atom is 0.264 e. The molecule has 1 aliphatic heterocycles. The second kappa shape index (κ2) is 8.25. The maximum absolute atomic E-state index is 13.9. The molecule has 0 bridgehead atoms. The molecule has 1 amide bonds. The maximum atomic E-state index is 13.9. The number of halogens is 1. The predicted octanol–water partition coefficient (Wildman–Crippen LogP) is 5.63. The van der Waals surface area contributed by atoms with E-state index in [-0.39, 0.29) is 24.1 Å². The van der Waals surface area contributed by atoms with Crippen LogP contribution in [0.25, 0.3) is 27.9 Å². The molecule has 0 radical (unpaired) electrons. The van der Waals surface area contributed by atoms with Gasteiger partial charge >= 0.3 is 0 Å². The zero-order valence-electron chi connectivity index (χ0n) is 18.6. The number of carbonyl (C=O) groups is 2. The number of para-hydroxylation sites is 1. The van der Waals surface area contributed by atoms with Crippen molar-refractivity contribution in [3.8, 4) is 22.7 Å². The molecule has 0 N–H and O–H groups in total. The SMILES string of the molecule is CN1C(=O)COc2ccc(C(=O)c3oc4ccc(Br)cc4c3-c3ccnn3-c3ccccc3)cc21. The van der Waals surface area contributed by atoms with Crippen LogP contribution in [-0.2, 0) is 4.79 Å². The van der Waals surface area contributed by atoms with Crippen molar-refractivity contribution < 1.29 is 18.7 Å². The lowest BCUT2D eigenvalue weighted by Gasteiger charge is -2.26. The molecule has 0 fully saturated rings. The molecule has 172 valence electrons. The second-order valence-corrected chi connectivity index (χ2v) is 9.08. The number of hydrogen-bond acceptors (Lipinski definition) is 5. The van der Waals surface area contributed by atoms with Gasteiger partial charge in [-0.1, -0.05) is 34.1 Å². The molecular weight excluding hydrogens is 510 g/mol. The lowest BCUT2D eigenvalue weighted by Crippen LogP contribution is -2.35. The van der Waals surface area contributed by atoms with Gasteiger partial charge in [0.25, 0.3) is 5.91 Å². The van der Waals surface area contributed by atoms with Crippen LogP contribution in [-0.4, -0.2) is 35.1 Å². The van der Waals surface area contributed by atoms with E-state index >= 15 is 0 Å². The molecule has 3 aromatic carbocycles. The molecule has 1 aliphatic rings. The first kappa shape index (κ1) is 21.4. The topological polar surface area (TPSA) is 77.6 Å². The second-order valence-electron chi connectivity index (χ2n) is 8.16. The Bertz CT molecular complexity index is 1620. The third kappa shape index (κ3) is 3.54. The molecule has 0 aliphatic carbocycles. The highest BCUT2D eigenvalue weighted by Gasteiger charge is 2.28. The van der Waals surface area contributed by atoms with Gasteiger partial charge < -0.3 is 14.1 Å². The first-order chi connectivity index (χ1) is 17.0. The van der Waals surface area contributed by atoms with E-state index in [0.717, 1.165) is 21.2 Å². The summed E-state index contributed by atoms with van der Waals surface area (Å²) >= 11 is 3.54. The highest BCUT2D eigenvalue weighted by atomic mass is 79.9. The van der Waals surface area contributed by atoms with Gasteiger partial charge in [0.05, 0.1) is 28.8 Å². The Morgan fingerprint density at radius 2 is 1.86 bits per heavy atom. The molecule has 2 aromatic heterocycles. The first-order valence-electron chi connectivity index (χ1n) is 10.9. The highest BCUT2D eigenvalue weighted by molar-refractivity contribution is 9.10. The molecule has 0 saturated heterocycles. The summed E-state index contributed by atoms with van der Waals surface area (Å²) in [5.41, 5.74) is 3.75. The number of likely N-dealkylation sites (N-methyl/N-ethyl adjacent to an activating group) is 1. The monoisotopic (exact) mass is 527 g/mol. The number of fused-ring (bicyclic) bond motifs is 2. The van der Waals surface area contributed by atoms with Crippen molar-refractivity contribution in [2.75, 3.05) is 18.6 Å². The largest absolute Gasteiger partial charge is 0.482 e. The first-order valence-corrected chi connectivity index (χ1v) is 11.7. The Morgan fingerprint density at radius 3 is 2.69 bits per heavy atom. The Labute approximate surface area is 208 Å². The minimum absolute atomic E-state index is 0.0249. The molecule has 3 heterocycles. The fourth-order valence-corrected chi connectivity index (χ4v) is 4.66. The number of ketones is 1. The summed E-state index contributed by atoms with van der Waals surface area (Å²) in [7, 11) is 1.67. The minimum Gasteiger partial charge on any atom is -0.482 e. The molecule has 7 nitrogen and oxygen atoms in total. The van der Waals surface area contributed by atoms with Crippen LogP contribution in [0.3, 0.4) is 0 Å². The van der Waals surface area contributed by atoms with Crippen LogP contribution in [0.5, 0.6) is 5.75 Å². The van der Waals surface area contributed by atoms with Crippen molar-refractivity contribution in [3.63, 3.8) is 0 Å². The third-order valence-corrected chi connectivity index (χ3v) is 6.56. The number of hydrogen-bond donors (Lipinski definition) is 0. The number of amides is 1. The van der Waals surface area contributed by atoms with Gasteiger partial charge in [-0.2, -0.15) is 5.10 Å². The summed E-state index contributed by atoms with van der Waals surface area (Å²) in [4.78, 5) is 27.5. The summed E-state index contributed by atoms with van der Waals surface area (Å²) < 4.78 is 14.3. The highest BCUT2D eigenvalue weighted by Crippen LogP contribution is 2.39. The third-order valence-electron chi connectivity index (χ3n) is 6.06. The van der Waals surface area contributed by atoms with Crippen LogP contribution in [0, 0.1) is 0 Å². The van der Waals surface area contributed by atoms with Gasteiger partial charge in [0.1, 0.15) is 11.3 Å². The standard InChI is InChI=1S/C27H18BrN3O4/c1-30-21-13-16(7-9-23(21)34-15-24(30)32)26(33)27-25(19-14-17(28)8-10-22(19)35-27)20-11-12-29-31(20)18-5-3-2-4-6-18/h2-14H,15H2,1H3. The number of rotatable bonds is 4. The molecule has 0 spiro atoms. The fourth-order valence-electron chi connectivity index (χ4n) is 4.30. The molecule has 6 rings (SSSR count). The Morgan fingerprint density at radius 1 is 1.03 bits per heavy atom. The van der Waals surface area contributed by atoms with E-state index in [9.17, 15) is 9.59 Å². The lowest BCUT2D eigenvalue weighted by atomic mass is 10.0. The van der Waals surface area contributed by atoms with Gasteiger partial charge in [-0.3, -0.25) is 9.59 Å². The molecule has 0 atom stereocenters. The van der Waals surface area contributed by atoms with Crippen LogP contribution in [0.1, 0.15) is 16.1 Å². The molecule has 5 aromatic rings. The summed E-state index contributed by atoms with van der Waals surface area (Å²) in [6, 6.07) is 22.3. The lowest BCUT2D eigenvalue weighted by molar-refractivity contribution is -0.120. The van der Waals surface area contributed by atoms with E-state index in [4.69, 9.17) is 9.15 Å². The van der Waals surface area contributed by atoms with Gasteiger partial charge in [0.15, 0.2) is 12.4 Å². The van der Waals surface area contributed by atoms with Gasteiger partial charge in [-0.15, -0.1) is 0 Å². The van der Waals surface area contributed by atoms with Crippen molar-refractivity contribution in [1.82, 2.24) is 9.78 Å². The van der Waals surface area contributed by atoms with Gasteiger partial charge in [0, 0.05) is 22.5 Å². The summed E-state index contributed by atoms with van der Waals surface area (Å²) in [6.07, 6.45) is 1.70. The molecular formula is C27H18BrN3O4. The van der Waals surface area contributed by atoms with Crippen LogP contribution < -0.4 is 9.64 Å². The predicted molar refractivity (Wildman–Crippen MR) is 135 cm³/mol. The molecule has 0 unspecified atom stereocenters. The van der Waals surface area contributed by atoms with Gasteiger partial charge in [-0.05, 0) is 54.6 Å². The van der Waals surface area contributed by atoms with Crippen molar-refractivity contribution >= 4 is 44.3 Å². The van der Waals surface area contributed by atoms with Gasteiger partial charge in [-0.25, -0.2) is 4.68 Å². The number of nitrogens with zero attached hydrogens (tertiary/aromatic N) is 3. The van der Waals surface area contributed by atoms with E-state index in [1.807, 2.05) is 54.6 Å². The minimum atomic E-state index is -0.303. The average Bonchev–Trinajstić information content (AvgIpc) is 3.50. The molecule has 8 heteroatoms. The number of ether oxygens (including phenoxy) is 1. The average molecular weight is 528 g/mol. The van der Waals surface area contributed by atoms with Crippen LogP contribution in [0.15, 0.2) is 87.9 Å². The number of benzene rings is 3. The quantitative estimate of drug-likeness (QED) is 0.283. The van der Waals surface area contributed by atoms with Crippen molar-refractivity contribution in [1.29, 1.82) is 0 Å². The summed E-state index contributed by atoms with van der Waals surface area (Å²) in [5, 5.41) is 5.30. The van der Waals surface area contributed by atoms with E-state index in [0.29, 0.717) is 28.1 Å². The fraction of sp³-hybridized carbons (Fsp3) is 0.0741. The zero-order valence-corrected chi connectivity index (χ0v) is 20.2. The van der Waals surface area contributed by atoms with Crippen LogP contribution in [0.2, 0.25) is 0 Å². The van der Waals surface area contributed by atoms with E-state index in [2.05, 4.69) is 21.0 Å². The van der Waals surface area contributed by atoms with Gasteiger partial charge in [0.2, 0.25) is 5.78 Å². The Kier molecular flexibility index (Phi) is 5.04. The Hall–Kier alpha value is -4.17. The van der Waals surface area contributed by atoms with Crippen LogP contribution in [0.4, 0.5) is 5.69 Å². The summed E-state index contributed by atoms with van der Waals surface area (Å²) in [5.74, 6) is 0.270. The van der Waals surface area contributed by atoms with E-state index < -0.39 is 0 Å². The number of aromatic nitrogens is 2. The Balaban J connectivity index is 1.55. The van der Waals surface area contributed by atoms with E-state index in [1.165, 1.54) is 4.90 Å². The normalized spacial score (nSPS) is 13.1. The zero-order chi connectivity index (χ0) is 24.1. The number of anilines is 1. The van der Waals surface area contributed by atoms with Crippen molar-refractivity contribution in [3.05, 3.63) is 94.8 Å². The van der Waals surface area contributed by atoms with Crippen LogP contribution >= 0.6 is 15.9 Å². The molecule has 35 heavy (non-hydrogen) atoms. The number of carbonyl (C=O) groups excluding carboxylic acids is 2. The van der Waals surface area contributed by atoms with Crippen molar-refractivity contribution in [2.24, 2.45) is 0 Å². The number of furan rings is 1. The van der Waals surface area contributed by atoms with Crippen molar-refractivity contribution in [2.45, 2.75) is 0 Å². The van der Waals surface area contributed by atoms with E-state index in [1.54, 1.807) is 36.1 Å².